The van der Waals surface area contributed by atoms with Gasteiger partial charge in [-0.2, -0.15) is 0 Å². The van der Waals surface area contributed by atoms with Crippen LogP contribution in [0.25, 0.3) is 0 Å². The topological polar surface area (TPSA) is 59.2 Å². The summed E-state index contributed by atoms with van der Waals surface area (Å²) in [4.78, 5) is 17.1. The van der Waals surface area contributed by atoms with Crippen LogP contribution in [0.5, 0.6) is 0 Å². The van der Waals surface area contributed by atoms with E-state index in [2.05, 4.69) is 9.88 Å². The molecule has 0 aromatic carbocycles. The summed E-state index contributed by atoms with van der Waals surface area (Å²) in [5, 5.41) is 0.638. The first-order valence-electron chi connectivity index (χ1n) is 5.79. The Bertz CT molecular complexity index is 361. The van der Waals surface area contributed by atoms with Crippen LogP contribution in [0, 0.1) is 5.92 Å². The number of rotatable bonds is 5. The molecule has 0 aliphatic carbocycles. The standard InChI is InChI=1S/C11H17N3OS2/c12-11-13-7-10(17-11)16-6-5-14-3-1-9(8-15)2-4-14/h7-9H,1-6H2,(H2,12,13). The molecule has 0 amide bonds. The minimum Gasteiger partial charge on any atom is -0.375 e. The molecule has 0 saturated carbocycles. The van der Waals surface area contributed by atoms with Gasteiger partial charge >= 0.3 is 0 Å². The number of anilines is 1. The predicted octanol–water partition coefficient (Wildman–Crippen LogP) is 1.73. The van der Waals surface area contributed by atoms with E-state index < -0.39 is 0 Å². The molecule has 0 atom stereocenters. The van der Waals surface area contributed by atoms with Crippen LogP contribution in [-0.4, -0.2) is 41.6 Å². The Morgan fingerprint density at radius 3 is 2.94 bits per heavy atom. The highest BCUT2D eigenvalue weighted by Crippen LogP contribution is 2.26. The van der Waals surface area contributed by atoms with Gasteiger partial charge in [0, 0.05) is 18.2 Å². The van der Waals surface area contributed by atoms with Crippen molar-refractivity contribution in [1.82, 2.24) is 9.88 Å². The Labute approximate surface area is 110 Å². The number of thioether (sulfide) groups is 1. The van der Waals surface area contributed by atoms with Gasteiger partial charge in [-0.25, -0.2) is 4.98 Å². The van der Waals surface area contributed by atoms with Crippen molar-refractivity contribution in [2.24, 2.45) is 5.92 Å². The lowest BCUT2D eigenvalue weighted by Crippen LogP contribution is -2.35. The summed E-state index contributed by atoms with van der Waals surface area (Å²) >= 11 is 3.35. The number of nitrogens with zero attached hydrogens (tertiary/aromatic N) is 2. The molecule has 1 aliphatic heterocycles. The third-order valence-corrected chi connectivity index (χ3v) is 4.98. The van der Waals surface area contributed by atoms with Crippen molar-refractivity contribution in [3.8, 4) is 0 Å². The molecular weight excluding hydrogens is 254 g/mol. The number of hydrogen-bond donors (Lipinski definition) is 1. The SMILES string of the molecule is Nc1ncc(SCCN2CCC(C=O)CC2)s1. The van der Waals surface area contributed by atoms with E-state index in [1.165, 1.54) is 4.21 Å². The van der Waals surface area contributed by atoms with Crippen LogP contribution in [0.4, 0.5) is 5.13 Å². The maximum Gasteiger partial charge on any atom is 0.181 e. The van der Waals surface area contributed by atoms with Crippen molar-refractivity contribution >= 4 is 34.5 Å². The zero-order valence-electron chi connectivity index (χ0n) is 9.67. The van der Waals surface area contributed by atoms with Gasteiger partial charge in [-0.15, -0.1) is 11.8 Å². The average Bonchev–Trinajstić information content (AvgIpc) is 2.76. The van der Waals surface area contributed by atoms with Gasteiger partial charge < -0.3 is 15.4 Å². The molecule has 2 rings (SSSR count). The molecule has 4 nitrogen and oxygen atoms in total. The van der Waals surface area contributed by atoms with Crippen LogP contribution in [0.15, 0.2) is 10.4 Å². The van der Waals surface area contributed by atoms with Gasteiger partial charge in [-0.1, -0.05) is 11.3 Å². The number of thiazole rings is 1. The summed E-state index contributed by atoms with van der Waals surface area (Å²) in [5.41, 5.74) is 5.57. The normalized spacial score (nSPS) is 18.4. The number of hydrogen-bond acceptors (Lipinski definition) is 6. The highest BCUT2D eigenvalue weighted by Gasteiger charge is 2.17. The van der Waals surface area contributed by atoms with Gasteiger partial charge in [0.25, 0.3) is 0 Å². The van der Waals surface area contributed by atoms with E-state index in [9.17, 15) is 4.79 Å². The zero-order chi connectivity index (χ0) is 12.1. The summed E-state index contributed by atoms with van der Waals surface area (Å²) < 4.78 is 1.19. The van der Waals surface area contributed by atoms with E-state index in [4.69, 9.17) is 5.73 Å². The van der Waals surface area contributed by atoms with Crippen molar-refractivity contribution in [2.75, 3.05) is 31.1 Å². The molecule has 0 unspecified atom stereocenters. The summed E-state index contributed by atoms with van der Waals surface area (Å²) in [5.74, 6) is 1.35. The Hall–Kier alpha value is -0.590. The molecular formula is C11H17N3OS2. The number of carbonyl (C=O) groups is 1. The van der Waals surface area contributed by atoms with Gasteiger partial charge in [-0.3, -0.25) is 0 Å². The number of nitrogen functional groups attached to an aromatic ring is 1. The first kappa shape index (κ1) is 12.9. The first-order chi connectivity index (χ1) is 8.28. The third kappa shape index (κ3) is 3.97. The molecule has 2 heterocycles. The smallest absolute Gasteiger partial charge is 0.181 e. The number of likely N-dealkylation sites (tertiary alicyclic amines) is 1. The summed E-state index contributed by atoms with van der Waals surface area (Å²) in [6, 6.07) is 0. The lowest BCUT2D eigenvalue weighted by atomic mass is 9.99. The number of carbonyl (C=O) groups excluding carboxylic acids is 1. The van der Waals surface area contributed by atoms with Crippen LogP contribution in [0.1, 0.15) is 12.8 Å². The largest absolute Gasteiger partial charge is 0.375 e. The van der Waals surface area contributed by atoms with E-state index in [0.717, 1.165) is 44.5 Å². The second-order valence-corrected chi connectivity index (χ2v) is 6.64. The van der Waals surface area contributed by atoms with Crippen LogP contribution in [0.2, 0.25) is 0 Å². The van der Waals surface area contributed by atoms with Crippen molar-refractivity contribution in [1.29, 1.82) is 0 Å². The quantitative estimate of drug-likeness (QED) is 0.653. The van der Waals surface area contributed by atoms with Crippen molar-refractivity contribution < 1.29 is 4.79 Å². The van der Waals surface area contributed by atoms with Gasteiger partial charge in [-0.05, 0) is 25.9 Å². The molecule has 1 saturated heterocycles. The lowest BCUT2D eigenvalue weighted by Gasteiger charge is -2.29. The summed E-state index contributed by atoms with van der Waals surface area (Å²) in [6.45, 7) is 3.18. The van der Waals surface area contributed by atoms with E-state index in [1.807, 2.05) is 6.20 Å². The van der Waals surface area contributed by atoms with E-state index in [1.54, 1.807) is 23.1 Å². The second-order valence-electron chi connectivity index (χ2n) is 4.18. The van der Waals surface area contributed by atoms with Crippen molar-refractivity contribution in [3.05, 3.63) is 6.20 Å². The van der Waals surface area contributed by atoms with Gasteiger partial charge in [0.15, 0.2) is 5.13 Å². The second kappa shape index (κ2) is 6.37. The monoisotopic (exact) mass is 271 g/mol. The number of piperidine rings is 1. The molecule has 94 valence electrons. The van der Waals surface area contributed by atoms with Crippen molar-refractivity contribution in [3.63, 3.8) is 0 Å². The first-order valence-corrected chi connectivity index (χ1v) is 7.60. The Morgan fingerprint density at radius 1 is 1.59 bits per heavy atom. The minimum absolute atomic E-state index is 0.292. The molecule has 0 radical (unpaired) electrons. The van der Waals surface area contributed by atoms with E-state index >= 15 is 0 Å². The highest BCUT2D eigenvalue weighted by atomic mass is 32.2. The van der Waals surface area contributed by atoms with E-state index in [0.29, 0.717) is 11.0 Å². The Morgan fingerprint density at radius 2 is 2.35 bits per heavy atom. The summed E-state index contributed by atoms with van der Waals surface area (Å²) in [7, 11) is 0. The fraction of sp³-hybridized carbons (Fsp3) is 0.636. The van der Waals surface area contributed by atoms with Gasteiger partial charge in [0.2, 0.25) is 0 Å². The van der Waals surface area contributed by atoms with Gasteiger partial charge in [0.05, 0.1) is 10.4 Å². The average molecular weight is 271 g/mol. The lowest BCUT2D eigenvalue weighted by molar-refractivity contribution is -0.112. The molecule has 0 spiro atoms. The minimum atomic E-state index is 0.292. The van der Waals surface area contributed by atoms with Crippen molar-refractivity contribution in [2.45, 2.75) is 17.1 Å². The Balaban J connectivity index is 1.64. The molecule has 1 fully saturated rings. The van der Waals surface area contributed by atoms with Crippen LogP contribution >= 0.6 is 23.1 Å². The molecule has 1 aromatic heterocycles. The fourth-order valence-electron chi connectivity index (χ4n) is 1.93. The summed E-state index contributed by atoms with van der Waals surface area (Å²) in [6.07, 6.45) is 4.97. The number of aldehydes is 1. The highest BCUT2D eigenvalue weighted by molar-refractivity contribution is 8.01. The Kier molecular flexibility index (Phi) is 4.82. The van der Waals surface area contributed by atoms with Crippen LogP contribution in [0.3, 0.4) is 0 Å². The predicted molar refractivity (Wildman–Crippen MR) is 72.5 cm³/mol. The molecule has 6 heteroatoms. The molecule has 17 heavy (non-hydrogen) atoms. The van der Waals surface area contributed by atoms with E-state index in [-0.39, 0.29) is 0 Å². The maximum atomic E-state index is 10.6. The van der Waals surface area contributed by atoms with Gasteiger partial charge in [0.1, 0.15) is 6.29 Å². The third-order valence-electron chi connectivity index (χ3n) is 2.98. The maximum absolute atomic E-state index is 10.6. The van der Waals surface area contributed by atoms with Crippen LogP contribution in [-0.2, 0) is 4.79 Å². The number of nitrogens with two attached hydrogens (primary N) is 1. The zero-order valence-corrected chi connectivity index (χ0v) is 11.3. The molecule has 1 aliphatic rings. The molecule has 0 bridgehead atoms. The fourth-order valence-corrected chi connectivity index (χ4v) is 3.76. The number of aromatic nitrogens is 1. The molecule has 1 aromatic rings. The van der Waals surface area contributed by atoms with Crippen LogP contribution < -0.4 is 5.73 Å². The molecule has 2 N–H and O–H groups in total.